The molecule has 6 heteroatoms. The van der Waals surface area contributed by atoms with Crippen molar-refractivity contribution in [3.8, 4) is 5.75 Å². The number of aliphatic carboxylic acids is 1. The molecular weight excluding hydrogens is 262 g/mol. The summed E-state index contributed by atoms with van der Waals surface area (Å²) in [5.74, 6) is -0.379. The van der Waals surface area contributed by atoms with Crippen molar-refractivity contribution in [3.63, 3.8) is 0 Å². The smallest absolute Gasteiger partial charge is 0.305 e. The molecule has 0 bridgehead atoms. The van der Waals surface area contributed by atoms with E-state index in [9.17, 15) is 9.59 Å². The quantitative estimate of drug-likeness (QED) is 0.866. The Morgan fingerprint density at radius 2 is 2.15 bits per heavy atom. The fourth-order valence-electron chi connectivity index (χ4n) is 2.17. The minimum atomic E-state index is -0.937. The topological polar surface area (TPSA) is 76.1 Å². The molecule has 0 radical (unpaired) electrons. The van der Waals surface area contributed by atoms with Crippen LogP contribution < -0.4 is 4.74 Å². The Labute approximate surface area is 116 Å². The molecule has 1 aliphatic rings. The van der Waals surface area contributed by atoms with Gasteiger partial charge in [-0.25, -0.2) is 0 Å². The van der Waals surface area contributed by atoms with Gasteiger partial charge in [0.1, 0.15) is 12.4 Å². The molecule has 1 unspecified atom stereocenters. The van der Waals surface area contributed by atoms with E-state index < -0.39 is 12.0 Å². The largest absolute Gasteiger partial charge is 0.497 e. The standard InChI is InChI=1S/C14H17NO5/c1-19-12-4-2-10(3-5-12)7-15-11(6-14(17)18)8-20-9-13(15)16/h2-5,11H,6-9H2,1H3,(H,17,18). The van der Waals surface area contributed by atoms with Crippen LogP contribution in [0.15, 0.2) is 24.3 Å². The Bertz CT molecular complexity index is 485. The molecule has 1 fully saturated rings. The van der Waals surface area contributed by atoms with Crippen molar-refractivity contribution in [3.05, 3.63) is 29.8 Å². The monoisotopic (exact) mass is 279 g/mol. The van der Waals surface area contributed by atoms with E-state index in [1.165, 1.54) is 0 Å². The summed E-state index contributed by atoms with van der Waals surface area (Å²) in [4.78, 5) is 24.3. The van der Waals surface area contributed by atoms with Gasteiger partial charge in [-0.15, -0.1) is 0 Å². The van der Waals surface area contributed by atoms with Crippen LogP contribution in [0.2, 0.25) is 0 Å². The van der Waals surface area contributed by atoms with Crippen LogP contribution in [0.4, 0.5) is 0 Å². The van der Waals surface area contributed by atoms with Crippen LogP contribution in [-0.4, -0.2) is 48.2 Å². The molecule has 1 aromatic rings. The zero-order valence-corrected chi connectivity index (χ0v) is 11.2. The van der Waals surface area contributed by atoms with Gasteiger partial charge in [-0.2, -0.15) is 0 Å². The predicted molar refractivity (Wildman–Crippen MR) is 70.4 cm³/mol. The van der Waals surface area contributed by atoms with E-state index in [1.807, 2.05) is 24.3 Å². The number of carbonyl (C=O) groups excluding carboxylic acids is 1. The van der Waals surface area contributed by atoms with Crippen LogP contribution in [0.5, 0.6) is 5.75 Å². The molecule has 20 heavy (non-hydrogen) atoms. The first-order valence-corrected chi connectivity index (χ1v) is 6.32. The highest BCUT2D eigenvalue weighted by molar-refractivity contribution is 5.79. The molecule has 108 valence electrons. The average Bonchev–Trinajstić information content (AvgIpc) is 2.43. The number of benzene rings is 1. The summed E-state index contributed by atoms with van der Waals surface area (Å²) in [6, 6.07) is 6.92. The first-order chi connectivity index (χ1) is 9.60. The van der Waals surface area contributed by atoms with Crippen LogP contribution in [-0.2, 0) is 20.9 Å². The van der Waals surface area contributed by atoms with Gasteiger partial charge in [0, 0.05) is 6.54 Å². The highest BCUT2D eigenvalue weighted by Crippen LogP contribution is 2.18. The molecule has 0 spiro atoms. The molecule has 0 saturated carbocycles. The van der Waals surface area contributed by atoms with E-state index in [1.54, 1.807) is 12.0 Å². The maximum Gasteiger partial charge on any atom is 0.305 e. The second kappa shape index (κ2) is 6.38. The lowest BCUT2D eigenvalue weighted by Gasteiger charge is -2.34. The first-order valence-electron chi connectivity index (χ1n) is 6.32. The van der Waals surface area contributed by atoms with E-state index in [-0.39, 0.29) is 25.5 Å². The number of amides is 1. The normalized spacial score (nSPS) is 18.9. The molecule has 2 rings (SSSR count). The number of hydrogen-bond acceptors (Lipinski definition) is 4. The average molecular weight is 279 g/mol. The molecule has 1 N–H and O–H groups in total. The number of hydrogen-bond donors (Lipinski definition) is 1. The summed E-state index contributed by atoms with van der Waals surface area (Å²) in [6.45, 7) is 0.643. The lowest BCUT2D eigenvalue weighted by molar-refractivity contribution is -0.152. The van der Waals surface area contributed by atoms with Crippen molar-refractivity contribution in [1.82, 2.24) is 4.90 Å². The zero-order valence-electron chi connectivity index (χ0n) is 11.2. The van der Waals surface area contributed by atoms with Crippen molar-refractivity contribution in [2.75, 3.05) is 20.3 Å². The van der Waals surface area contributed by atoms with Gasteiger partial charge in [-0.1, -0.05) is 12.1 Å². The van der Waals surface area contributed by atoms with Gasteiger partial charge < -0.3 is 19.5 Å². The van der Waals surface area contributed by atoms with Gasteiger partial charge in [-0.05, 0) is 17.7 Å². The SMILES string of the molecule is COc1ccc(CN2C(=O)COCC2CC(=O)O)cc1. The second-order valence-electron chi connectivity index (χ2n) is 4.64. The minimum absolute atomic E-state index is 0.00622. The van der Waals surface area contributed by atoms with Crippen LogP contribution in [0.25, 0.3) is 0 Å². The Balaban J connectivity index is 2.09. The summed E-state index contributed by atoms with van der Waals surface area (Å²) in [5, 5.41) is 8.89. The molecule has 1 heterocycles. The number of rotatable bonds is 5. The fraction of sp³-hybridized carbons (Fsp3) is 0.429. The number of methoxy groups -OCH3 is 1. The van der Waals surface area contributed by atoms with Gasteiger partial charge in [0.15, 0.2) is 0 Å². The number of carbonyl (C=O) groups is 2. The summed E-state index contributed by atoms with van der Waals surface area (Å²) in [6.07, 6.45) is -0.109. The molecule has 1 saturated heterocycles. The lowest BCUT2D eigenvalue weighted by atomic mass is 10.1. The first kappa shape index (κ1) is 14.3. The van der Waals surface area contributed by atoms with Gasteiger partial charge in [0.25, 0.3) is 0 Å². The highest BCUT2D eigenvalue weighted by Gasteiger charge is 2.30. The lowest BCUT2D eigenvalue weighted by Crippen LogP contribution is -2.49. The second-order valence-corrected chi connectivity index (χ2v) is 4.64. The maximum atomic E-state index is 11.9. The van der Waals surface area contributed by atoms with Gasteiger partial charge in [0.05, 0.1) is 26.2 Å². The van der Waals surface area contributed by atoms with Crippen LogP contribution in [0.1, 0.15) is 12.0 Å². The molecule has 6 nitrogen and oxygen atoms in total. The fourth-order valence-corrected chi connectivity index (χ4v) is 2.17. The van der Waals surface area contributed by atoms with Gasteiger partial charge in [-0.3, -0.25) is 9.59 Å². The van der Waals surface area contributed by atoms with Crippen molar-refractivity contribution < 1.29 is 24.2 Å². The van der Waals surface area contributed by atoms with E-state index in [2.05, 4.69) is 0 Å². The third-order valence-corrected chi connectivity index (χ3v) is 3.22. The van der Waals surface area contributed by atoms with E-state index >= 15 is 0 Å². The number of morpholine rings is 1. The Kier molecular flexibility index (Phi) is 4.57. The molecule has 1 aliphatic heterocycles. The number of carboxylic acids is 1. The molecule has 0 aliphatic carbocycles. The molecule has 1 atom stereocenters. The third kappa shape index (κ3) is 3.48. The van der Waals surface area contributed by atoms with Gasteiger partial charge in [0.2, 0.25) is 5.91 Å². The van der Waals surface area contributed by atoms with E-state index in [4.69, 9.17) is 14.6 Å². The predicted octanol–water partition coefficient (Wildman–Crippen LogP) is 0.897. The molecule has 1 aromatic carbocycles. The van der Waals surface area contributed by atoms with Crippen LogP contribution in [0, 0.1) is 0 Å². The third-order valence-electron chi connectivity index (χ3n) is 3.22. The van der Waals surface area contributed by atoms with Crippen LogP contribution >= 0.6 is 0 Å². The Hall–Kier alpha value is -2.08. The van der Waals surface area contributed by atoms with E-state index in [0.29, 0.717) is 6.54 Å². The highest BCUT2D eigenvalue weighted by atomic mass is 16.5. The summed E-state index contributed by atoms with van der Waals surface area (Å²) >= 11 is 0. The zero-order chi connectivity index (χ0) is 14.5. The summed E-state index contributed by atoms with van der Waals surface area (Å²) < 4.78 is 10.2. The Morgan fingerprint density at radius 3 is 2.75 bits per heavy atom. The van der Waals surface area contributed by atoms with Crippen molar-refractivity contribution in [1.29, 1.82) is 0 Å². The number of ether oxygens (including phenoxy) is 2. The van der Waals surface area contributed by atoms with Gasteiger partial charge >= 0.3 is 5.97 Å². The number of carboxylic acid groups (broad SMARTS) is 1. The molecule has 1 amide bonds. The summed E-state index contributed by atoms with van der Waals surface area (Å²) in [7, 11) is 1.59. The van der Waals surface area contributed by atoms with Crippen LogP contribution in [0.3, 0.4) is 0 Å². The van der Waals surface area contributed by atoms with Crippen molar-refractivity contribution in [2.45, 2.75) is 19.0 Å². The maximum absolute atomic E-state index is 11.9. The summed E-state index contributed by atoms with van der Waals surface area (Å²) in [5.41, 5.74) is 0.927. The number of nitrogens with zero attached hydrogens (tertiary/aromatic N) is 1. The van der Waals surface area contributed by atoms with Crippen molar-refractivity contribution in [2.24, 2.45) is 0 Å². The molecular formula is C14H17NO5. The Morgan fingerprint density at radius 1 is 1.45 bits per heavy atom. The van der Waals surface area contributed by atoms with Crippen molar-refractivity contribution >= 4 is 11.9 Å². The minimum Gasteiger partial charge on any atom is -0.497 e. The van der Waals surface area contributed by atoms with E-state index in [0.717, 1.165) is 11.3 Å². The molecule has 0 aromatic heterocycles.